The Labute approximate surface area is 155 Å². The van der Waals surface area contributed by atoms with Gasteiger partial charge in [0.25, 0.3) is 0 Å². The van der Waals surface area contributed by atoms with E-state index in [1.165, 1.54) is 11.1 Å². The smallest absolute Gasteiger partial charge is 0.319 e. The van der Waals surface area contributed by atoms with Crippen LogP contribution >= 0.6 is 15.9 Å². The third-order valence-corrected chi connectivity index (χ3v) is 5.49. The fourth-order valence-corrected chi connectivity index (χ4v) is 4.26. The number of hydrogen-bond donors (Lipinski definition) is 2. The highest BCUT2D eigenvalue weighted by atomic mass is 79.9. The van der Waals surface area contributed by atoms with Crippen molar-refractivity contribution in [3.63, 3.8) is 0 Å². The van der Waals surface area contributed by atoms with Crippen LogP contribution in [0.3, 0.4) is 0 Å². The number of halogens is 1. The van der Waals surface area contributed by atoms with E-state index in [4.69, 9.17) is 4.74 Å². The molecule has 0 fully saturated rings. The molecular formula is C20H19BrN2O2. The van der Waals surface area contributed by atoms with Crippen LogP contribution in [0.1, 0.15) is 35.6 Å². The molecule has 0 aromatic heterocycles. The van der Waals surface area contributed by atoms with Crippen molar-refractivity contribution < 1.29 is 9.53 Å². The van der Waals surface area contributed by atoms with Gasteiger partial charge in [-0.05, 0) is 64.0 Å². The number of fused-ring (bicyclic) bond motifs is 2. The fraction of sp³-hybridized carbons (Fsp3) is 0.250. The Morgan fingerprint density at radius 3 is 2.80 bits per heavy atom. The third kappa shape index (κ3) is 2.93. The summed E-state index contributed by atoms with van der Waals surface area (Å²) in [6, 6.07) is 14.0. The van der Waals surface area contributed by atoms with Crippen molar-refractivity contribution in [3.05, 3.63) is 69.2 Å². The molecule has 1 atom stereocenters. The molecule has 1 aliphatic heterocycles. The molecule has 2 amide bonds. The van der Waals surface area contributed by atoms with Crippen LogP contribution in [0, 0.1) is 0 Å². The van der Waals surface area contributed by atoms with Gasteiger partial charge in [-0.25, -0.2) is 4.79 Å². The molecule has 25 heavy (non-hydrogen) atoms. The van der Waals surface area contributed by atoms with Gasteiger partial charge in [-0.3, -0.25) is 0 Å². The van der Waals surface area contributed by atoms with E-state index in [0.29, 0.717) is 0 Å². The zero-order chi connectivity index (χ0) is 17.4. The predicted molar refractivity (Wildman–Crippen MR) is 101 cm³/mol. The maximum absolute atomic E-state index is 12.3. The summed E-state index contributed by atoms with van der Waals surface area (Å²) in [4.78, 5) is 12.3. The minimum Gasteiger partial charge on any atom is -0.496 e. The fourth-order valence-electron chi connectivity index (χ4n) is 3.70. The topological polar surface area (TPSA) is 50.4 Å². The Kier molecular flexibility index (Phi) is 4.25. The van der Waals surface area contributed by atoms with Crippen LogP contribution in [-0.4, -0.2) is 13.1 Å². The SMILES string of the molecule is COc1ccc(C2NC(=O)NC3=C2CCCc2ccccc23)cc1Br. The highest BCUT2D eigenvalue weighted by Crippen LogP contribution is 2.39. The standard InChI is InChI=1S/C20H19BrN2O2/c1-25-17-10-9-13(11-16(17)21)18-15-8-4-6-12-5-2-3-7-14(12)19(15)23-20(24)22-18/h2-3,5,7,9-11,18H,4,6,8H2,1H3,(H2,22,23,24). The number of aryl methyl sites for hydroxylation is 1. The van der Waals surface area contributed by atoms with Crippen molar-refractivity contribution in [2.24, 2.45) is 0 Å². The molecule has 0 saturated carbocycles. The molecule has 128 valence electrons. The van der Waals surface area contributed by atoms with Crippen LogP contribution in [0.4, 0.5) is 4.79 Å². The summed E-state index contributed by atoms with van der Waals surface area (Å²) in [6.45, 7) is 0. The number of amides is 2. The molecule has 2 aromatic carbocycles. The summed E-state index contributed by atoms with van der Waals surface area (Å²) in [5.74, 6) is 0.782. The lowest BCUT2D eigenvalue weighted by molar-refractivity contribution is 0.240. The first-order chi connectivity index (χ1) is 12.2. The van der Waals surface area contributed by atoms with Gasteiger partial charge >= 0.3 is 6.03 Å². The van der Waals surface area contributed by atoms with E-state index in [1.54, 1.807) is 7.11 Å². The maximum atomic E-state index is 12.3. The zero-order valence-electron chi connectivity index (χ0n) is 13.9. The van der Waals surface area contributed by atoms with Crippen LogP contribution in [0.2, 0.25) is 0 Å². The van der Waals surface area contributed by atoms with E-state index >= 15 is 0 Å². The first kappa shape index (κ1) is 16.2. The first-order valence-corrected chi connectivity index (χ1v) is 9.19. The van der Waals surface area contributed by atoms with Crippen molar-refractivity contribution in [2.45, 2.75) is 25.3 Å². The van der Waals surface area contributed by atoms with Crippen molar-refractivity contribution in [1.29, 1.82) is 0 Å². The Balaban J connectivity index is 1.84. The normalized spacial score (nSPS) is 19.3. The van der Waals surface area contributed by atoms with E-state index in [2.05, 4.69) is 44.8 Å². The molecule has 2 N–H and O–H groups in total. The number of methoxy groups -OCH3 is 1. The number of carbonyl (C=O) groups is 1. The molecule has 4 rings (SSSR count). The Hall–Kier alpha value is -2.27. The van der Waals surface area contributed by atoms with Crippen molar-refractivity contribution in [2.75, 3.05) is 7.11 Å². The second kappa shape index (κ2) is 6.56. The van der Waals surface area contributed by atoms with E-state index in [0.717, 1.165) is 46.3 Å². The Morgan fingerprint density at radius 2 is 2.00 bits per heavy atom. The largest absolute Gasteiger partial charge is 0.496 e. The van der Waals surface area contributed by atoms with Crippen molar-refractivity contribution in [1.82, 2.24) is 10.6 Å². The molecule has 5 heteroatoms. The maximum Gasteiger partial charge on any atom is 0.319 e. The molecule has 1 aliphatic carbocycles. The molecule has 0 radical (unpaired) electrons. The quantitative estimate of drug-likeness (QED) is 0.778. The number of urea groups is 1. The van der Waals surface area contributed by atoms with Crippen LogP contribution < -0.4 is 15.4 Å². The zero-order valence-corrected chi connectivity index (χ0v) is 15.5. The molecule has 2 aliphatic rings. The van der Waals surface area contributed by atoms with Gasteiger partial charge in [0.15, 0.2) is 0 Å². The van der Waals surface area contributed by atoms with Gasteiger partial charge in [0, 0.05) is 5.56 Å². The third-order valence-electron chi connectivity index (χ3n) is 4.87. The molecule has 0 saturated heterocycles. The van der Waals surface area contributed by atoms with E-state index in [-0.39, 0.29) is 12.1 Å². The number of nitrogens with one attached hydrogen (secondary N) is 2. The number of ether oxygens (including phenoxy) is 1. The molecule has 4 nitrogen and oxygen atoms in total. The molecular weight excluding hydrogens is 380 g/mol. The van der Waals surface area contributed by atoms with Crippen molar-refractivity contribution >= 4 is 27.7 Å². The van der Waals surface area contributed by atoms with Crippen molar-refractivity contribution in [3.8, 4) is 5.75 Å². The second-order valence-corrected chi connectivity index (χ2v) is 7.19. The summed E-state index contributed by atoms with van der Waals surface area (Å²) in [7, 11) is 1.65. The average Bonchev–Trinajstić information content (AvgIpc) is 2.80. The van der Waals surface area contributed by atoms with Crippen LogP contribution in [0.15, 0.2) is 52.5 Å². The minimum atomic E-state index is -0.160. The summed E-state index contributed by atoms with van der Waals surface area (Å²) in [5.41, 5.74) is 5.69. The molecule has 0 spiro atoms. The summed E-state index contributed by atoms with van der Waals surface area (Å²) >= 11 is 3.55. The summed E-state index contributed by atoms with van der Waals surface area (Å²) in [5, 5.41) is 6.13. The van der Waals surface area contributed by atoms with Gasteiger partial charge in [-0.15, -0.1) is 0 Å². The lowest BCUT2D eigenvalue weighted by Crippen LogP contribution is -2.43. The van der Waals surface area contributed by atoms with Gasteiger partial charge in [-0.2, -0.15) is 0 Å². The summed E-state index contributed by atoms with van der Waals surface area (Å²) < 4.78 is 6.21. The van der Waals surface area contributed by atoms with E-state index < -0.39 is 0 Å². The number of carbonyl (C=O) groups excluding carboxylic acids is 1. The van der Waals surface area contributed by atoms with Gasteiger partial charge in [0.05, 0.1) is 23.3 Å². The molecule has 0 bridgehead atoms. The highest BCUT2D eigenvalue weighted by molar-refractivity contribution is 9.10. The van der Waals surface area contributed by atoms with Crippen LogP contribution in [-0.2, 0) is 6.42 Å². The Bertz CT molecular complexity index is 876. The van der Waals surface area contributed by atoms with Crippen LogP contribution in [0.25, 0.3) is 5.70 Å². The van der Waals surface area contributed by atoms with Gasteiger partial charge in [-0.1, -0.05) is 30.3 Å². The lowest BCUT2D eigenvalue weighted by atomic mass is 9.91. The van der Waals surface area contributed by atoms with Crippen LogP contribution in [0.5, 0.6) is 5.75 Å². The second-order valence-electron chi connectivity index (χ2n) is 6.34. The first-order valence-electron chi connectivity index (χ1n) is 8.39. The van der Waals surface area contributed by atoms with E-state index in [9.17, 15) is 4.79 Å². The van der Waals surface area contributed by atoms with E-state index in [1.807, 2.05) is 24.3 Å². The minimum absolute atomic E-state index is 0.128. The summed E-state index contributed by atoms with van der Waals surface area (Å²) in [6.07, 6.45) is 3.05. The number of hydrogen-bond acceptors (Lipinski definition) is 2. The van der Waals surface area contributed by atoms with Gasteiger partial charge in [0.1, 0.15) is 5.75 Å². The molecule has 1 heterocycles. The number of rotatable bonds is 2. The highest BCUT2D eigenvalue weighted by Gasteiger charge is 2.31. The Morgan fingerprint density at radius 1 is 1.16 bits per heavy atom. The molecule has 2 aromatic rings. The predicted octanol–water partition coefficient (Wildman–Crippen LogP) is 4.56. The molecule has 1 unspecified atom stereocenters. The van der Waals surface area contributed by atoms with Gasteiger partial charge in [0.2, 0.25) is 0 Å². The lowest BCUT2D eigenvalue weighted by Gasteiger charge is -2.30. The van der Waals surface area contributed by atoms with Gasteiger partial charge < -0.3 is 15.4 Å². The average molecular weight is 399 g/mol. The monoisotopic (exact) mass is 398 g/mol. The number of benzene rings is 2.